The maximum Gasteiger partial charge on any atom is 0.164 e. The minimum absolute atomic E-state index is 0.582. The molecule has 10 aromatic rings. The number of rotatable bonds is 4. The van der Waals surface area contributed by atoms with Crippen molar-refractivity contribution in [2.45, 2.75) is 0 Å². The third-order valence-corrected chi connectivity index (χ3v) is 9.29. The number of aromatic nitrogens is 4. The standard InChI is InChI=1S/C44H26N4O/c1-3-13-27(14-4-1)42-46-43(28-15-5-2-6-16-28)48-44(47-42)30-23-24-34-37(26-30)45-40(39-35-21-11-12-22-38(35)49-41(34)39)36-25-29-17-7-8-18-31(29)32-19-9-10-20-33(32)36/h1-26H. The summed E-state index contributed by atoms with van der Waals surface area (Å²) < 4.78 is 6.65. The Kier molecular flexibility index (Phi) is 6.11. The van der Waals surface area contributed by atoms with E-state index < -0.39 is 0 Å². The Morgan fingerprint density at radius 3 is 1.67 bits per heavy atom. The van der Waals surface area contributed by atoms with E-state index in [1.54, 1.807) is 0 Å². The van der Waals surface area contributed by atoms with Crippen LogP contribution in [0.25, 0.3) is 99.8 Å². The van der Waals surface area contributed by atoms with Crippen molar-refractivity contribution in [2.75, 3.05) is 0 Å². The summed E-state index contributed by atoms with van der Waals surface area (Å²) in [5, 5.41) is 7.71. The molecule has 0 saturated carbocycles. The molecule has 0 fully saturated rings. The van der Waals surface area contributed by atoms with Gasteiger partial charge in [0.15, 0.2) is 17.5 Å². The lowest BCUT2D eigenvalue weighted by Gasteiger charge is -2.13. The monoisotopic (exact) mass is 626 g/mol. The van der Waals surface area contributed by atoms with Crippen molar-refractivity contribution in [3.05, 3.63) is 158 Å². The van der Waals surface area contributed by atoms with E-state index in [4.69, 9.17) is 24.4 Å². The molecule has 0 aliphatic heterocycles. The first kappa shape index (κ1) is 27.4. The first-order chi connectivity index (χ1) is 24.3. The van der Waals surface area contributed by atoms with Gasteiger partial charge in [0.25, 0.3) is 0 Å². The molecule has 0 bridgehead atoms. The molecule has 3 aromatic heterocycles. The third-order valence-electron chi connectivity index (χ3n) is 9.29. The van der Waals surface area contributed by atoms with Gasteiger partial charge in [-0.25, -0.2) is 19.9 Å². The van der Waals surface area contributed by atoms with Gasteiger partial charge in [-0.2, -0.15) is 0 Å². The number of nitrogens with zero attached hydrogens (tertiary/aromatic N) is 4. The van der Waals surface area contributed by atoms with Crippen LogP contribution >= 0.6 is 0 Å². The van der Waals surface area contributed by atoms with E-state index in [9.17, 15) is 0 Å². The van der Waals surface area contributed by atoms with Gasteiger partial charge in [-0.05, 0) is 45.8 Å². The third kappa shape index (κ3) is 4.48. The zero-order valence-electron chi connectivity index (χ0n) is 26.2. The maximum atomic E-state index is 6.65. The second-order valence-electron chi connectivity index (χ2n) is 12.2. The highest BCUT2D eigenvalue weighted by Crippen LogP contribution is 2.43. The molecule has 0 amide bonds. The van der Waals surface area contributed by atoms with Crippen LogP contribution in [0.4, 0.5) is 0 Å². The summed E-state index contributed by atoms with van der Waals surface area (Å²) >= 11 is 0. The average molecular weight is 627 g/mol. The molecule has 3 heterocycles. The Labute approximate surface area is 281 Å². The van der Waals surface area contributed by atoms with Crippen molar-refractivity contribution in [1.82, 2.24) is 19.9 Å². The predicted molar refractivity (Wildman–Crippen MR) is 199 cm³/mol. The van der Waals surface area contributed by atoms with E-state index in [1.165, 1.54) is 16.2 Å². The number of para-hydroxylation sites is 1. The SMILES string of the molecule is c1ccc(-c2nc(-c3ccccc3)nc(-c3ccc4c(c3)nc(-c3cc5ccccc5c5ccccc35)c3c5ccccc5oc43)n2)cc1. The lowest BCUT2D eigenvalue weighted by Crippen LogP contribution is -2.00. The molecule has 0 N–H and O–H groups in total. The molecule has 0 spiro atoms. The number of hydrogen-bond acceptors (Lipinski definition) is 5. The van der Waals surface area contributed by atoms with Gasteiger partial charge in [0.2, 0.25) is 0 Å². The Morgan fingerprint density at radius 1 is 0.388 bits per heavy atom. The summed E-state index contributed by atoms with van der Waals surface area (Å²) in [6.07, 6.45) is 0. The molecule has 49 heavy (non-hydrogen) atoms. The number of furan rings is 1. The van der Waals surface area contributed by atoms with E-state index in [2.05, 4.69) is 84.9 Å². The van der Waals surface area contributed by atoms with Gasteiger partial charge >= 0.3 is 0 Å². The summed E-state index contributed by atoms with van der Waals surface area (Å²) in [7, 11) is 0. The Bertz CT molecular complexity index is 2820. The van der Waals surface area contributed by atoms with Crippen molar-refractivity contribution in [3.63, 3.8) is 0 Å². The average Bonchev–Trinajstić information content (AvgIpc) is 3.58. The van der Waals surface area contributed by atoms with E-state index in [-0.39, 0.29) is 0 Å². The van der Waals surface area contributed by atoms with Crippen molar-refractivity contribution in [1.29, 1.82) is 0 Å². The number of benzene rings is 7. The highest BCUT2D eigenvalue weighted by Gasteiger charge is 2.21. The molecule has 7 aromatic carbocycles. The second-order valence-corrected chi connectivity index (χ2v) is 12.2. The van der Waals surface area contributed by atoms with Crippen LogP contribution in [-0.4, -0.2) is 19.9 Å². The second kappa shape index (κ2) is 10.9. The van der Waals surface area contributed by atoms with Crippen LogP contribution in [0, 0.1) is 0 Å². The zero-order chi connectivity index (χ0) is 32.3. The van der Waals surface area contributed by atoms with Crippen LogP contribution < -0.4 is 0 Å². The fourth-order valence-corrected chi connectivity index (χ4v) is 6.98. The van der Waals surface area contributed by atoms with E-state index in [0.717, 1.165) is 66.2 Å². The number of hydrogen-bond donors (Lipinski definition) is 0. The number of pyridine rings is 1. The molecule has 0 unspecified atom stereocenters. The molecular formula is C44H26N4O. The molecule has 0 aliphatic rings. The molecule has 5 heteroatoms. The Morgan fingerprint density at radius 2 is 0.959 bits per heavy atom. The van der Waals surface area contributed by atoms with Crippen LogP contribution in [0.2, 0.25) is 0 Å². The van der Waals surface area contributed by atoms with Crippen molar-refractivity contribution >= 4 is 54.4 Å². The topological polar surface area (TPSA) is 64.7 Å². The lowest BCUT2D eigenvalue weighted by molar-refractivity contribution is 0.672. The molecule has 0 radical (unpaired) electrons. The molecule has 0 aliphatic carbocycles. The minimum Gasteiger partial charge on any atom is -0.455 e. The summed E-state index contributed by atoms with van der Waals surface area (Å²) in [5.74, 6) is 1.82. The van der Waals surface area contributed by atoms with Crippen molar-refractivity contribution in [3.8, 4) is 45.4 Å². The molecule has 228 valence electrons. The van der Waals surface area contributed by atoms with E-state index >= 15 is 0 Å². The molecule has 10 rings (SSSR count). The number of fused-ring (bicyclic) bond motifs is 8. The molecule has 5 nitrogen and oxygen atoms in total. The summed E-state index contributed by atoms with van der Waals surface area (Å²) in [4.78, 5) is 20.3. The predicted octanol–water partition coefficient (Wildman–Crippen LogP) is 11.3. The van der Waals surface area contributed by atoms with Crippen molar-refractivity contribution in [2.24, 2.45) is 0 Å². The Hall–Kier alpha value is -6.72. The molecular weight excluding hydrogens is 601 g/mol. The van der Waals surface area contributed by atoms with Crippen molar-refractivity contribution < 1.29 is 4.42 Å². The van der Waals surface area contributed by atoms with E-state index in [0.29, 0.717) is 17.5 Å². The molecule has 0 atom stereocenters. The van der Waals surface area contributed by atoms with Gasteiger partial charge in [-0.1, -0.05) is 133 Å². The van der Waals surface area contributed by atoms with Gasteiger partial charge < -0.3 is 4.42 Å². The fourth-order valence-electron chi connectivity index (χ4n) is 6.98. The van der Waals surface area contributed by atoms with Gasteiger partial charge in [-0.15, -0.1) is 0 Å². The van der Waals surface area contributed by atoms with Crippen LogP contribution in [0.5, 0.6) is 0 Å². The van der Waals surface area contributed by atoms with Crippen LogP contribution in [0.15, 0.2) is 162 Å². The van der Waals surface area contributed by atoms with Gasteiger partial charge in [0, 0.05) is 33.0 Å². The van der Waals surface area contributed by atoms with Gasteiger partial charge in [0.05, 0.1) is 16.6 Å². The highest BCUT2D eigenvalue weighted by atomic mass is 16.3. The first-order valence-corrected chi connectivity index (χ1v) is 16.3. The van der Waals surface area contributed by atoms with Crippen LogP contribution in [0.3, 0.4) is 0 Å². The highest BCUT2D eigenvalue weighted by molar-refractivity contribution is 6.23. The summed E-state index contributed by atoms with van der Waals surface area (Å²) in [6, 6.07) is 53.9. The lowest BCUT2D eigenvalue weighted by atomic mass is 9.93. The minimum atomic E-state index is 0.582. The quantitative estimate of drug-likeness (QED) is 0.182. The zero-order valence-corrected chi connectivity index (χ0v) is 26.2. The largest absolute Gasteiger partial charge is 0.455 e. The smallest absolute Gasteiger partial charge is 0.164 e. The Balaban J connectivity index is 1.26. The normalized spacial score (nSPS) is 11.7. The van der Waals surface area contributed by atoms with E-state index in [1.807, 2.05) is 72.8 Å². The van der Waals surface area contributed by atoms with Gasteiger partial charge in [-0.3, -0.25) is 0 Å². The first-order valence-electron chi connectivity index (χ1n) is 16.3. The van der Waals surface area contributed by atoms with Gasteiger partial charge in [0.1, 0.15) is 11.2 Å². The summed E-state index contributed by atoms with van der Waals surface area (Å²) in [5.41, 5.74) is 7.11. The maximum absolute atomic E-state index is 6.65. The summed E-state index contributed by atoms with van der Waals surface area (Å²) in [6.45, 7) is 0. The fraction of sp³-hybridized carbons (Fsp3) is 0. The molecule has 0 saturated heterocycles. The van der Waals surface area contributed by atoms with Crippen LogP contribution in [-0.2, 0) is 0 Å². The van der Waals surface area contributed by atoms with Crippen LogP contribution in [0.1, 0.15) is 0 Å².